The molecule has 2 unspecified atom stereocenters. The molecule has 0 spiro atoms. The van der Waals surface area contributed by atoms with Crippen molar-refractivity contribution in [2.75, 3.05) is 11.5 Å². The van der Waals surface area contributed by atoms with Crippen LogP contribution < -0.4 is 0 Å². The number of benzene rings is 2. The van der Waals surface area contributed by atoms with Crippen molar-refractivity contribution in [1.82, 2.24) is 0 Å². The topological polar surface area (TPSA) is 54.4 Å². The standard InChI is InChI=1S/C23H30BrO3P/c1-14-10-16(3)20(17(4)11-14)22(25)28(27,9-7-8-24)23(26)21-18(5)12-15(2)13-19(21)6/h10-13,22,25H,7-9H2,1-6H3. The van der Waals surface area contributed by atoms with Gasteiger partial charge in [0.1, 0.15) is 5.85 Å². The molecule has 0 amide bonds. The van der Waals surface area contributed by atoms with Crippen LogP contribution in [0.2, 0.25) is 0 Å². The quantitative estimate of drug-likeness (QED) is 0.374. The second-order valence-electron chi connectivity index (χ2n) is 7.83. The Morgan fingerprint density at radius 1 is 0.929 bits per heavy atom. The molecule has 2 aromatic carbocycles. The van der Waals surface area contributed by atoms with Gasteiger partial charge in [-0.2, -0.15) is 0 Å². The van der Waals surface area contributed by atoms with E-state index < -0.39 is 18.5 Å². The van der Waals surface area contributed by atoms with E-state index in [1.54, 1.807) is 0 Å². The molecule has 0 heterocycles. The first-order valence-electron chi connectivity index (χ1n) is 9.56. The number of aryl methyl sites for hydroxylation is 6. The third-order valence-electron chi connectivity index (χ3n) is 5.25. The molecule has 0 aromatic heterocycles. The van der Waals surface area contributed by atoms with Gasteiger partial charge < -0.3 is 9.67 Å². The first-order valence-corrected chi connectivity index (χ1v) is 12.6. The van der Waals surface area contributed by atoms with Crippen molar-refractivity contribution in [1.29, 1.82) is 0 Å². The van der Waals surface area contributed by atoms with Gasteiger partial charge >= 0.3 is 0 Å². The lowest BCUT2D eigenvalue weighted by Gasteiger charge is -2.27. The lowest BCUT2D eigenvalue weighted by Crippen LogP contribution is -2.16. The minimum absolute atomic E-state index is 0.178. The fourth-order valence-corrected chi connectivity index (χ4v) is 7.71. The molecule has 0 aliphatic heterocycles. The van der Waals surface area contributed by atoms with Crippen molar-refractivity contribution in [3.63, 3.8) is 0 Å². The summed E-state index contributed by atoms with van der Waals surface area (Å²) in [6.45, 7) is 11.5. The number of aliphatic hydroxyl groups excluding tert-OH is 1. The van der Waals surface area contributed by atoms with Crippen LogP contribution in [0, 0.1) is 41.5 Å². The van der Waals surface area contributed by atoms with Crippen molar-refractivity contribution < 1.29 is 14.5 Å². The van der Waals surface area contributed by atoms with Gasteiger partial charge in [-0.25, -0.2) is 0 Å². The van der Waals surface area contributed by atoms with E-state index in [4.69, 9.17) is 0 Å². The number of rotatable bonds is 7. The molecule has 0 fully saturated rings. The average Bonchev–Trinajstić information content (AvgIpc) is 2.57. The van der Waals surface area contributed by atoms with Crippen LogP contribution in [0.1, 0.15) is 61.6 Å². The molecule has 1 N–H and O–H groups in total. The summed E-state index contributed by atoms with van der Waals surface area (Å²) in [5.41, 5.74) is 6.21. The lowest BCUT2D eigenvalue weighted by molar-refractivity contribution is 0.106. The zero-order chi connectivity index (χ0) is 21.2. The molecule has 5 heteroatoms. The Kier molecular flexibility index (Phi) is 7.47. The van der Waals surface area contributed by atoms with Crippen LogP contribution in [-0.4, -0.2) is 22.1 Å². The van der Waals surface area contributed by atoms with E-state index in [1.807, 2.05) is 65.8 Å². The van der Waals surface area contributed by atoms with Gasteiger partial charge in [0.05, 0.1) is 0 Å². The van der Waals surface area contributed by atoms with Gasteiger partial charge in [0.25, 0.3) is 0 Å². The fourth-order valence-electron chi connectivity index (χ4n) is 4.14. The van der Waals surface area contributed by atoms with E-state index in [9.17, 15) is 14.5 Å². The summed E-state index contributed by atoms with van der Waals surface area (Å²) in [6, 6.07) is 7.80. The molecule has 2 rings (SSSR count). The maximum absolute atomic E-state index is 14.1. The summed E-state index contributed by atoms with van der Waals surface area (Å²) >= 11 is 3.38. The summed E-state index contributed by atoms with van der Waals surface area (Å²) in [5, 5.41) is 11.9. The van der Waals surface area contributed by atoms with E-state index in [2.05, 4.69) is 15.9 Å². The SMILES string of the molecule is Cc1cc(C)c(C(=O)P(=O)(CCCBr)C(O)c2c(C)cc(C)cc2C)c(C)c1. The van der Waals surface area contributed by atoms with Gasteiger partial charge in [-0.05, 0) is 75.8 Å². The van der Waals surface area contributed by atoms with E-state index in [-0.39, 0.29) is 6.16 Å². The van der Waals surface area contributed by atoms with Crippen LogP contribution in [0.15, 0.2) is 24.3 Å². The molecule has 0 aliphatic rings. The highest BCUT2D eigenvalue weighted by Crippen LogP contribution is 2.61. The fraction of sp³-hybridized carbons (Fsp3) is 0.435. The Hall–Kier alpha value is -1.22. The Bertz CT molecular complexity index is 903. The number of aliphatic hydroxyl groups is 1. The maximum atomic E-state index is 14.1. The monoisotopic (exact) mass is 464 g/mol. The highest BCUT2D eigenvalue weighted by molar-refractivity contribution is 9.09. The third kappa shape index (κ3) is 4.50. The van der Waals surface area contributed by atoms with E-state index >= 15 is 0 Å². The largest absolute Gasteiger partial charge is 0.380 e. The van der Waals surface area contributed by atoms with Crippen molar-refractivity contribution in [2.45, 2.75) is 53.8 Å². The molecule has 0 aliphatic carbocycles. The number of carbonyl (C=O) groups excluding carboxylic acids is 1. The Balaban J connectivity index is 2.65. The highest BCUT2D eigenvalue weighted by atomic mass is 79.9. The minimum atomic E-state index is -3.61. The van der Waals surface area contributed by atoms with E-state index in [0.29, 0.717) is 22.9 Å². The first kappa shape index (κ1) is 23.1. The zero-order valence-corrected chi connectivity index (χ0v) is 20.1. The molecule has 2 atom stereocenters. The van der Waals surface area contributed by atoms with Gasteiger partial charge in [-0.3, -0.25) is 4.79 Å². The lowest BCUT2D eigenvalue weighted by atomic mass is 10.0. The summed E-state index contributed by atoms with van der Waals surface area (Å²) in [6.07, 6.45) is 0.742. The number of hydrogen-bond donors (Lipinski definition) is 1. The molecule has 28 heavy (non-hydrogen) atoms. The molecule has 2 aromatic rings. The van der Waals surface area contributed by atoms with Crippen molar-refractivity contribution in [3.05, 3.63) is 68.8 Å². The van der Waals surface area contributed by atoms with E-state index in [1.165, 1.54) is 0 Å². The second kappa shape index (κ2) is 9.07. The number of carbonyl (C=O) groups is 1. The number of alkyl halides is 1. The van der Waals surface area contributed by atoms with Gasteiger partial charge in [0.2, 0.25) is 5.52 Å². The Morgan fingerprint density at radius 3 is 1.79 bits per heavy atom. The van der Waals surface area contributed by atoms with Crippen molar-refractivity contribution in [2.24, 2.45) is 0 Å². The average molecular weight is 465 g/mol. The van der Waals surface area contributed by atoms with Crippen LogP contribution in [0.5, 0.6) is 0 Å². The second-order valence-corrected chi connectivity index (χ2v) is 11.6. The van der Waals surface area contributed by atoms with Crippen molar-refractivity contribution in [3.8, 4) is 0 Å². The first-order chi connectivity index (χ1) is 13.0. The zero-order valence-electron chi connectivity index (χ0n) is 17.6. The number of hydrogen-bond acceptors (Lipinski definition) is 3. The van der Waals surface area contributed by atoms with Gasteiger partial charge in [0.15, 0.2) is 7.14 Å². The molecular formula is C23H30BrO3P. The molecular weight excluding hydrogens is 435 g/mol. The molecule has 0 saturated carbocycles. The van der Waals surface area contributed by atoms with Gasteiger partial charge in [-0.15, -0.1) is 0 Å². The van der Waals surface area contributed by atoms with Crippen LogP contribution in [0.25, 0.3) is 0 Å². The molecule has 0 saturated heterocycles. The number of halogens is 1. The smallest absolute Gasteiger partial charge is 0.224 e. The third-order valence-corrected chi connectivity index (χ3v) is 8.75. The van der Waals surface area contributed by atoms with Crippen molar-refractivity contribution >= 4 is 28.6 Å². The minimum Gasteiger partial charge on any atom is -0.380 e. The van der Waals surface area contributed by atoms with Crippen LogP contribution in [-0.2, 0) is 4.57 Å². The molecule has 0 radical (unpaired) electrons. The van der Waals surface area contributed by atoms with E-state index in [0.717, 1.165) is 33.4 Å². The predicted molar refractivity (Wildman–Crippen MR) is 121 cm³/mol. The highest BCUT2D eigenvalue weighted by Gasteiger charge is 2.42. The van der Waals surface area contributed by atoms with Crippen LogP contribution in [0.4, 0.5) is 0 Å². The van der Waals surface area contributed by atoms with Crippen LogP contribution in [0.3, 0.4) is 0 Å². The summed E-state index contributed by atoms with van der Waals surface area (Å²) in [4.78, 5) is 13.6. The van der Waals surface area contributed by atoms with Crippen LogP contribution >= 0.6 is 23.1 Å². The predicted octanol–water partition coefficient (Wildman–Crippen LogP) is 6.52. The molecule has 3 nitrogen and oxygen atoms in total. The normalized spacial score (nSPS) is 14.6. The van der Waals surface area contributed by atoms with Gasteiger partial charge in [-0.1, -0.05) is 51.3 Å². The van der Waals surface area contributed by atoms with Gasteiger partial charge in [0, 0.05) is 17.1 Å². The summed E-state index contributed by atoms with van der Waals surface area (Å²) in [5.74, 6) is -1.29. The summed E-state index contributed by atoms with van der Waals surface area (Å²) in [7, 11) is -3.61. The molecule has 0 bridgehead atoms. The summed E-state index contributed by atoms with van der Waals surface area (Å²) < 4.78 is 14.1. The Morgan fingerprint density at radius 2 is 1.36 bits per heavy atom. The maximum Gasteiger partial charge on any atom is 0.224 e. The Labute approximate surface area is 177 Å². The molecule has 152 valence electrons.